The second kappa shape index (κ2) is 6.15. The highest BCUT2D eigenvalue weighted by Crippen LogP contribution is 2.30. The van der Waals surface area contributed by atoms with E-state index >= 15 is 0 Å². The highest BCUT2D eigenvalue weighted by Gasteiger charge is 2.22. The lowest BCUT2D eigenvalue weighted by Crippen LogP contribution is -2.26. The van der Waals surface area contributed by atoms with Gasteiger partial charge in [-0.1, -0.05) is 30.3 Å². The number of hydrogen-bond donors (Lipinski definition) is 0. The first-order valence-electron chi connectivity index (χ1n) is 6.95. The maximum atomic E-state index is 12.6. The van der Waals surface area contributed by atoms with Crippen molar-refractivity contribution in [1.29, 1.82) is 0 Å². The molecule has 3 rings (SSSR count). The van der Waals surface area contributed by atoms with Crippen molar-refractivity contribution < 1.29 is 9.21 Å². The van der Waals surface area contributed by atoms with Gasteiger partial charge in [0.2, 0.25) is 0 Å². The van der Waals surface area contributed by atoms with E-state index in [1.165, 1.54) is 11.3 Å². The number of amides is 1. The van der Waals surface area contributed by atoms with Gasteiger partial charge in [0.25, 0.3) is 5.91 Å². The van der Waals surface area contributed by atoms with Crippen LogP contribution < -0.4 is 0 Å². The van der Waals surface area contributed by atoms with E-state index in [1.54, 1.807) is 23.3 Å². The first-order valence-corrected chi connectivity index (χ1v) is 7.76. The van der Waals surface area contributed by atoms with Crippen molar-refractivity contribution in [2.75, 3.05) is 7.05 Å². The quantitative estimate of drug-likeness (QED) is 0.732. The van der Waals surface area contributed by atoms with Gasteiger partial charge in [0.05, 0.1) is 4.88 Å². The Kier molecular flexibility index (Phi) is 4.06. The van der Waals surface area contributed by atoms with Crippen molar-refractivity contribution in [3.8, 4) is 10.6 Å². The standard InChI is InChI=1S/C17H16N2O2S/c1-12-8-9-14(22-12)16-15(18-11-21-16)17(20)19(2)10-13-6-4-3-5-7-13/h3-9,11H,10H2,1-2H3. The van der Waals surface area contributed by atoms with Crippen LogP contribution in [0, 0.1) is 6.92 Å². The van der Waals surface area contributed by atoms with Gasteiger partial charge in [0, 0.05) is 18.5 Å². The Bertz CT molecular complexity index is 777. The van der Waals surface area contributed by atoms with Crippen LogP contribution in [0.4, 0.5) is 0 Å². The molecule has 0 bridgehead atoms. The summed E-state index contributed by atoms with van der Waals surface area (Å²) in [5.74, 6) is 0.404. The number of aromatic nitrogens is 1. The monoisotopic (exact) mass is 312 g/mol. The molecular formula is C17H16N2O2S. The zero-order valence-corrected chi connectivity index (χ0v) is 13.3. The molecule has 0 radical (unpaired) electrons. The number of rotatable bonds is 4. The lowest BCUT2D eigenvalue weighted by Gasteiger charge is -2.16. The van der Waals surface area contributed by atoms with Crippen molar-refractivity contribution >= 4 is 17.2 Å². The number of benzene rings is 1. The minimum absolute atomic E-state index is 0.140. The largest absolute Gasteiger partial charge is 0.442 e. The van der Waals surface area contributed by atoms with Crippen molar-refractivity contribution in [2.45, 2.75) is 13.5 Å². The molecule has 4 nitrogen and oxygen atoms in total. The summed E-state index contributed by atoms with van der Waals surface area (Å²) in [5.41, 5.74) is 1.44. The minimum Gasteiger partial charge on any atom is -0.442 e. The third-order valence-corrected chi connectivity index (χ3v) is 4.34. The SMILES string of the molecule is Cc1ccc(-c2ocnc2C(=O)N(C)Cc2ccccc2)s1. The van der Waals surface area contributed by atoms with E-state index in [2.05, 4.69) is 4.98 Å². The molecule has 0 N–H and O–H groups in total. The molecule has 3 aromatic rings. The normalized spacial score (nSPS) is 10.6. The lowest BCUT2D eigenvalue weighted by molar-refractivity contribution is 0.0780. The Morgan fingerprint density at radius 2 is 2.00 bits per heavy atom. The molecule has 22 heavy (non-hydrogen) atoms. The summed E-state index contributed by atoms with van der Waals surface area (Å²) in [4.78, 5) is 20.5. The molecule has 2 heterocycles. The van der Waals surface area contributed by atoms with Crippen LogP contribution in [-0.2, 0) is 6.54 Å². The van der Waals surface area contributed by atoms with Crippen molar-refractivity contribution in [1.82, 2.24) is 9.88 Å². The molecule has 0 atom stereocenters. The van der Waals surface area contributed by atoms with Crippen LogP contribution >= 0.6 is 11.3 Å². The van der Waals surface area contributed by atoms with Gasteiger partial charge in [0.15, 0.2) is 17.8 Å². The zero-order valence-electron chi connectivity index (χ0n) is 12.4. The van der Waals surface area contributed by atoms with Gasteiger partial charge in [-0.2, -0.15) is 0 Å². The summed E-state index contributed by atoms with van der Waals surface area (Å²) in [6.07, 6.45) is 1.33. The predicted octanol–water partition coefficient (Wildman–Crippen LogP) is 3.98. The molecule has 0 fully saturated rings. The first kappa shape index (κ1) is 14.5. The summed E-state index contributed by atoms with van der Waals surface area (Å²) < 4.78 is 5.44. The first-order chi connectivity index (χ1) is 10.6. The predicted molar refractivity (Wildman–Crippen MR) is 86.8 cm³/mol. The average Bonchev–Trinajstić information content (AvgIpc) is 3.15. The molecule has 1 aromatic carbocycles. The van der Waals surface area contributed by atoms with Gasteiger partial charge < -0.3 is 9.32 Å². The molecule has 0 saturated heterocycles. The van der Waals surface area contributed by atoms with E-state index in [9.17, 15) is 4.79 Å². The fourth-order valence-electron chi connectivity index (χ4n) is 2.24. The Morgan fingerprint density at radius 1 is 1.23 bits per heavy atom. The highest BCUT2D eigenvalue weighted by molar-refractivity contribution is 7.15. The summed E-state index contributed by atoms with van der Waals surface area (Å²) in [7, 11) is 1.77. The van der Waals surface area contributed by atoms with Gasteiger partial charge in [-0.25, -0.2) is 4.98 Å². The molecular weight excluding hydrogens is 296 g/mol. The van der Waals surface area contributed by atoms with Gasteiger partial charge in [0.1, 0.15) is 0 Å². The number of nitrogens with zero attached hydrogens (tertiary/aromatic N) is 2. The molecule has 0 spiro atoms. The van der Waals surface area contributed by atoms with E-state index < -0.39 is 0 Å². The Balaban J connectivity index is 1.82. The Morgan fingerprint density at radius 3 is 2.68 bits per heavy atom. The van der Waals surface area contributed by atoms with Crippen LogP contribution in [0.1, 0.15) is 20.9 Å². The van der Waals surface area contributed by atoms with Crippen LogP contribution in [0.2, 0.25) is 0 Å². The van der Waals surface area contributed by atoms with Crippen molar-refractivity contribution in [3.63, 3.8) is 0 Å². The molecule has 2 aromatic heterocycles. The summed E-state index contributed by atoms with van der Waals surface area (Å²) in [6.45, 7) is 2.56. The molecule has 0 saturated carbocycles. The number of oxazole rings is 1. The lowest BCUT2D eigenvalue weighted by atomic mass is 10.2. The number of carbonyl (C=O) groups excluding carboxylic acids is 1. The maximum absolute atomic E-state index is 12.6. The molecule has 0 aliphatic heterocycles. The fourth-order valence-corrected chi connectivity index (χ4v) is 3.10. The van der Waals surface area contributed by atoms with Crippen molar-refractivity contribution in [2.24, 2.45) is 0 Å². The number of hydrogen-bond acceptors (Lipinski definition) is 4. The zero-order chi connectivity index (χ0) is 15.5. The molecule has 112 valence electrons. The maximum Gasteiger partial charge on any atom is 0.276 e. The van der Waals surface area contributed by atoms with Gasteiger partial charge in [-0.15, -0.1) is 11.3 Å². The molecule has 5 heteroatoms. The van der Waals surface area contributed by atoms with E-state index in [1.807, 2.05) is 49.4 Å². The third-order valence-electron chi connectivity index (χ3n) is 3.34. The van der Waals surface area contributed by atoms with Crippen LogP contribution in [0.15, 0.2) is 53.3 Å². The summed E-state index contributed by atoms with van der Waals surface area (Å²) in [6, 6.07) is 13.8. The van der Waals surface area contributed by atoms with Crippen LogP contribution in [0.25, 0.3) is 10.6 Å². The molecule has 0 unspecified atom stereocenters. The van der Waals surface area contributed by atoms with E-state index in [4.69, 9.17) is 4.42 Å². The fraction of sp³-hybridized carbons (Fsp3) is 0.176. The average molecular weight is 312 g/mol. The van der Waals surface area contributed by atoms with E-state index in [0.717, 1.165) is 10.4 Å². The van der Waals surface area contributed by atoms with Crippen molar-refractivity contribution in [3.05, 3.63) is 65.0 Å². The smallest absolute Gasteiger partial charge is 0.276 e. The Hall–Kier alpha value is -2.40. The molecule has 1 amide bonds. The second-order valence-corrected chi connectivity index (χ2v) is 6.38. The summed E-state index contributed by atoms with van der Waals surface area (Å²) >= 11 is 1.59. The van der Waals surface area contributed by atoms with E-state index in [0.29, 0.717) is 18.0 Å². The van der Waals surface area contributed by atoms with Crippen LogP contribution in [0.3, 0.4) is 0 Å². The van der Waals surface area contributed by atoms with Gasteiger partial charge in [-0.05, 0) is 24.6 Å². The summed E-state index contributed by atoms with van der Waals surface area (Å²) in [5, 5.41) is 0. The molecule has 0 aliphatic carbocycles. The number of thiophene rings is 1. The third kappa shape index (κ3) is 2.94. The number of carbonyl (C=O) groups is 1. The number of aryl methyl sites for hydroxylation is 1. The second-order valence-electron chi connectivity index (χ2n) is 5.09. The van der Waals surface area contributed by atoms with E-state index in [-0.39, 0.29) is 5.91 Å². The minimum atomic E-state index is -0.140. The van der Waals surface area contributed by atoms with Crippen LogP contribution in [-0.4, -0.2) is 22.8 Å². The van der Waals surface area contributed by atoms with Gasteiger partial charge >= 0.3 is 0 Å². The highest BCUT2D eigenvalue weighted by atomic mass is 32.1. The Labute approximate surface area is 133 Å². The van der Waals surface area contributed by atoms with Crippen LogP contribution in [0.5, 0.6) is 0 Å². The molecule has 0 aliphatic rings. The van der Waals surface area contributed by atoms with Gasteiger partial charge in [-0.3, -0.25) is 4.79 Å². The topological polar surface area (TPSA) is 46.3 Å².